The van der Waals surface area contributed by atoms with Crippen molar-refractivity contribution in [2.24, 2.45) is 0 Å². The lowest BCUT2D eigenvalue weighted by Gasteiger charge is -2.32. The molecule has 1 heterocycles. The van der Waals surface area contributed by atoms with Crippen molar-refractivity contribution in [3.63, 3.8) is 0 Å². The highest BCUT2D eigenvalue weighted by atomic mass is 16.2. The van der Waals surface area contributed by atoms with Gasteiger partial charge in [-0.3, -0.25) is 14.5 Å². The molecule has 1 saturated heterocycles. The van der Waals surface area contributed by atoms with Crippen molar-refractivity contribution < 1.29 is 14.4 Å². The van der Waals surface area contributed by atoms with Gasteiger partial charge in [0, 0.05) is 12.1 Å². The first-order valence-corrected chi connectivity index (χ1v) is 9.85. The normalized spacial score (nSPS) is 20.1. The molecule has 1 aliphatic heterocycles. The van der Waals surface area contributed by atoms with Crippen LogP contribution in [-0.2, 0) is 20.5 Å². The van der Waals surface area contributed by atoms with Crippen molar-refractivity contribution in [3.05, 3.63) is 35.4 Å². The summed E-state index contributed by atoms with van der Waals surface area (Å²) in [4.78, 5) is 41.1. The summed E-state index contributed by atoms with van der Waals surface area (Å²) in [5.41, 5.74) is 0.679. The average molecular weight is 388 g/mol. The number of urea groups is 1. The van der Waals surface area contributed by atoms with Gasteiger partial charge in [0.25, 0.3) is 5.91 Å². The molecule has 2 rings (SSSR count). The van der Waals surface area contributed by atoms with Crippen LogP contribution in [-0.4, -0.2) is 46.3 Å². The number of nitrogens with one attached hydrogen (secondary N) is 1. The number of carbonyl (C=O) groups is 3. The second kappa shape index (κ2) is 7.57. The van der Waals surface area contributed by atoms with Crippen molar-refractivity contribution in [1.29, 1.82) is 0 Å². The van der Waals surface area contributed by atoms with Crippen molar-refractivity contribution in [3.8, 4) is 0 Å². The minimum absolute atomic E-state index is 0.00201. The van der Waals surface area contributed by atoms with Gasteiger partial charge >= 0.3 is 6.03 Å². The molecule has 0 aliphatic carbocycles. The predicted octanol–water partition coefficient (Wildman–Crippen LogP) is 3.40. The topological polar surface area (TPSA) is 69.7 Å². The number of hydrogen-bond acceptors (Lipinski definition) is 3. The lowest BCUT2D eigenvalue weighted by molar-refractivity contribution is -0.141. The van der Waals surface area contributed by atoms with Gasteiger partial charge in [0.1, 0.15) is 12.1 Å². The maximum atomic E-state index is 13.1. The number of nitrogens with zero attached hydrogens (tertiary/aromatic N) is 2. The van der Waals surface area contributed by atoms with Gasteiger partial charge < -0.3 is 10.2 Å². The lowest BCUT2D eigenvalue weighted by atomic mass is 9.84. The third-order valence-corrected chi connectivity index (χ3v) is 5.30. The van der Waals surface area contributed by atoms with Crippen LogP contribution in [0.1, 0.15) is 66.5 Å². The number of amides is 4. The van der Waals surface area contributed by atoms with Gasteiger partial charge in [-0.15, -0.1) is 0 Å². The molecular formula is C22H33N3O3. The molecule has 28 heavy (non-hydrogen) atoms. The van der Waals surface area contributed by atoms with E-state index in [1.807, 2.05) is 52.0 Å². The molecule has 0 spiro atoms. The fourth-order valence-electron chi connectivity index (χ4n) is 3.73. The van der Waals surface area contributed by atoms with E-state index in [2.05, 4.69) is 26.1 Å². The summed E-state index contributed by atoms with van der Waals surface area (Å²) in [6.07, 6.45) is 0. The first-order valence-electron chi connectivity index (χ1n) is 9.85. The van der Waals surface area contributed by atoms with Crippen molar-refractivity contribution in [2.75, 3.05) is 6.54 Å². The number of imide groups is 1. The molecule has 0 radical (unpaired) electrons. The molecule has 1 N–H and O–H groups in total. The molecule has 1 atom stereocenters. The summed E-state index contributed by atoms with van der Waals surface area (Å²) in [5.74, 6) is -0.636. The summed E-state index contributed by atoms with van der Waals surface area (Å²) in [5, 5.41) is 2.77. The molecule has 1 unspecified atom stereocenters. The number of rotatable bonds is 5. The van der Waals surface area contributed by atoms with Crippen LogP contribution in [0.4, 0.5) is 4.79 Å². The molecule has 6 nitrogen and oxygen atoms in total. The predicted molar refractivity (Wildman–Crippen MR) is 110 cm³/mol. The largest absolute Gasteiger partial charge is 0.336 e. The molecule has 1 aliphatic rings. The molecule has 1 fully saturated rings. The Kier molecular flexibility index (Phi) is 5.93. The van der Waals surface area contributed by atoms with E-state index in [1.165, 1.54) is 0 Å². The second-order valence-electron chi connectivity index (χ2n) is 9.26. The van der Waals surface area contributed by atoms with Gasteiger partial charge in [-0.1, -0.05) is 45.0 Å². The van der Waals surface area contributed by atoms with E-state index in [4.69, 9.17) is 0 Å². The van der Waals surface area contributed by atoms with Crippen molar-refractivity contribution >= 4 is 17.8 Å². The first kappa shape index (κ1) is 21.9. The van der Waals surface area contributed by atoms with Crippen molar-refractivity contribution in [2.45, 2.75) is 78.4 Å². The van der Waals surface area contributed by atoms with E-state index in [1.54, 1.807) is 11.8 Å². The van der Waals surface area contributed by atoms with Crippen LogP contribution >= 0.6 is 0 Å². The minimum atomic E-state index is -1.17. The Balaban J connectivity index is 2.26. The summed E-state index contributed by atoms with van der Waals surface area (Å²) in [7, 11) is 0. The third kappa shape index (κ3) is 4.05. The molecule has 6 heteroatoms. The van der Waals surface area contributed by atoms with Gasteiger partial charge in [-0.05, 0) is 51.2 Å². The van der Waals surface area contributed by atoms with E-state index in [0.717, 1.165) is 10.5 Å². The van der Waals surface area contributed by atoms with Gasteiger partial charge in [0.2, 0.25) is 5.91 Å². The molecule has 1 aromatic rings. The van der Waals surface area contributed by atoms with Gasteiger partial charge in [-0.2, -0.15) is 0 Å². The van der Waals surface area contributed by atoms with Crippen molar-refractivity contribution in [1.82, 2.24) is 15.1 Å². The minimum Gasteiger partial charge on any atom is -0.336 e. The van der Waals surface area contributed by atoms with Crippen LogP contribution in [0.2, 0.25) is 0 Å². The van der Waals surface area contributed by atoms with Crippen LogP contribution in [0.25, 0.3) is 0 Å². The fraction of sp³-hybridized carbons (Fsp3) is 0.591. The molecular weight excluding hydrogens is 354 g/mol. The molecule has 4 amide bonds. The smallest absolute Gasteiger partial charge is 0.325 e. The zero-order chi connectivity index (χ0) is 21.4. The highest BCUT2D eigenvalue weighted by Crippen LogP contribution is 2.31. The summed E-state index contributed by atoms with van der Waals surface area (Å²) in [6, 6.07) is 7.15. The van der Waals surface area contributed by atoms with E-state index in [0.29, 0.717) is 5.56 Å². The number of hydrogen-bond donors (Lipinski definition) is 1. The molecule has 0 aromatic heterocycles. The van der Waals surface area contributed by atoms with E-state index in [-0.39, 0.29) is 30.0 Å². The molecule has 0 bridgehead atoms. The monoisotopic (exact) mass is 387 g/mol. The third-order valence-electron chi connectivity index (χ3n) is 5.30. The molecule has 1 aromatic carbocycles. The van der Waals surface area contributed by atoms with Crippen LogP contribution in [0.3, 0.4) is 0 Å². The van der Waals surface area contributed by atoms with Crippen LogP contribution < -0.4 is 5.32 Å². The first-order chi connectivity index (χ1) is 12.8. The molecule has 0 saturated carbocycles. The van der Waals surface area contributed by atoms with E-state index >= 15 is 0 Å². The Morgan fingerprint density at radius 2 is 1.57 bits per heavy atom. The fourth-order valence-corrected chi connectivity index (χ4v) is 3.73. The Hall–Kier alpha value is -2.37. The second-order valence-corrected chi connectivity index (χ2v) is 9.26. The van der Waals surface area contributed by atoms with Crippen LogP contribution in [0.15, 0.2) is 24.3 Å². The lowest BCUT2D eigenvalue weighted by Crippen LogP contribution is -2.49. The Morgan fingerprint density at radius 3 is 2.00 bits per heavy atom. The van der Waals surface area contributed by atoms with Crippen LogP contribution in [0.5, 0.6) is 0 Å². The highest BCUT2D eigenvalue weighted by molar-refractivity contribution is 6.09. The summed E-state index contributed by atoms with van der Waals surface area (Å²) < 4.78 is 0. The summed E-state index contributed by atoms with van der Waals surface area (Å²) >= 11 is 0. The van der Waals surface area contributed by atoms with E-state index < -0.39 is 17.5 Å². The quantitative estimate of drug-likeness (QED) is 0.787. The maximum absolute atomic E-state index is 13.1. The van der Waals surface area contributed by atoms with Gasteiger partial charge in [-0.25, -0.2) is 4.79 Å². The Morgan fingerprint density at radius 1 is 1.07 bits per heavy atom. The summed E-state index contributed by atoms with van der Waals surface area (Å²) in [6.45, 7) is 15.5. The molecule has 154 valence electrons. The van der Waals surface area contributed by atoms with Gasteiger partial charge in [0.05, 0.1) is 0 Å². The average Bonchev–Trinajstić information content (AvgIpc) is 2.78. The standard InChI is InChI=1S/C22H33N3O3/c1-14(2)25(15(3)4)18(26)13-24-19(27)22(8,23-20(24)28)17-11-9-16(10-12-17)21(5,6)7/h9-12,14-15H,13H2,1-8H3,(H,23,28). The van der Waals surface area contributed by atoms with E-state index in [9.17, 15) is 14.4 Å². The number of carbonyl (C=O) groups excluding carboxylic acids is 3. The Labute approximate surface area is 168 Å². The van der Waals surface area contributed by atoms with Gasteiger partial charge in [0.15, 0.2) is 0 Å². The van der Waals surface area contributed by atoms with Crippen LogP contribution in [0, 0.1) is 0 Å². The Bertz CT molecular complexity index is 754. The highest BCUT2D eigenvalue weighted by Gasteiger charge is 2.49. The SMILES string of the molecule is CC(C)N(C(=O)CN1C(=O)NC(C)(c2ccc(C(C)(C)C)cc2)C1=O)C(C)C. The maximum Gasteiger partial charge on any atom is 0.325 e. The zero-order valence-electron chi connectivity index (χ0n) is 18.3. The zero-order valence-corrected chi connectivity index (χ0v) is 18.3. The number of benzene rings is 1.